The van der Waals surface area contributed by atoms with Crippen molar-refractivity contribution < 1.29 is 50.1 Å². The second kappa shape index (κ2) is 9.84. The quantitative estimate of drug-likeness (QED) is 0.414. The molecule has 1 radical (unpaired) electrons. The van der Waals surface area contributed by atoms with E-state index in [9.17, 15) is 13.2 Å². The maximum Gasteiger partial charge on any atom is 0.264 e. The summed E-state index contributed by atoms with van der Waals surface area (Å²) >= 11 is 0. The number of hydrogen-bond donors (Lipinski definition) is 1. The molecule has 1 saturated heterocycles. The van der Waals surface area contributed by atoms with E-state index in [4.69, 9.17) is 4.18 Å². The van der Waals surface area contributed by atoms with Crippen molar-refractivity contribution in [3.8, 4) is 0 Å². The van der Waals surface area contributed by atoms with Gasteiger partial charge in [0.25, 0.3) is 10.1 Å². The molecule has 1 aromatic carbocycles. The van der Waals surface area contributed by atoms with Crippen LogP contribution in [0.15, 0.2) is 24.3 Å². The number of nitrogens with one attached hydrogen (secondary N) is 1. The number of rotatable bonds is 7. The van der Waals surface area contributed by atoms with Gasteiger partial charge in [-0.1, -0.05) is 17.7 Å². The zero-order chi connectivity index (χ0) is 16.0. The minimum Gasteiger partial charge on any atom is -0.490 e. The Morgan fingerprint density at radius 1 is 1.35 bits per heavy atom. The molecular weight excluding hydrogens is 393 g/mol. The van der Waals surface area contributed by atoms with E-state index in [1.54, 1.807) is 6.41 Å². The number of carbonyl (C=O) groups excluding carboxylic acids is 1. The molecule has 125 valence electrons. The van der Waals surface area contributed by atoms with Gasteiger partial charge in [0.1, 0.15) is 0 Å². The predicted molar refractivity (Wildman–Crippen MR) is 85.0 cm³/mol. The van der Waals surface area contributed by atoms with Gasteiger partial charge in [0.15, 0.2) is 0 Å². The Bertz CT molecular complexity index is 601. The van der Waals surface area contributed by atoms with Crippen molar-refractivity contribution in [2.75, 3.05) is 37.8 Å². The van der Waals surface area contributed by atoms with Crippen LogP contribution in [0.3, 0.4) is 0 Å². The number of likely N-dealkylation sites (tertiary alicyclic amines) is 1. The summed E-state index contributed by atoms with van der Waals surface area (Å²) in [5.74, 6) is 0.459. The van der Waals surface area contributed by atoms with E-state index in [1.165, 1.54) is 5.56 Å². The molecule has 0 aliphatic carbocycles. The molecule has 0 atom stereocenters. The number of piperidine rings is 1. The summed E-state index contributed by atoms with van der Waals surface area (Å²) < 4.78 is 26.6. The van der Waals surface area contributed by atoms with Gasteiger partial charge in [0, 0.05) is 39.3 Å². The summed E-state index contributed by atoms with van der Waals surface area (Å²) in [6.07, 6.45) is 4.77. The van der Waals surface area contributed by atoms with Gasteiger partial charge >= 0.3 is 0 Å². The number of anilines is 1. The van der Waals surface area contributed by atoms with Crippen LogP contribution in [0, 0.1) is 0 Å². The molecule has 1 heterocycles. The molecule has 0 spiro atoms. The fraction of sp³-hybridized carbons (Fsp3) is 0.533. The Labute approximate surface area is 163 Å². The second-order valence-electron chi connectivity index (χ2n) is 5.49. The van der Waals surface area contributed by atoms with E-state index < -0.39 is 10.1 Å². The van der Waals surface area contributed by atoms with Crippen LogP contribution < -0.4 is 5.32 Å². The molecule has 1 fully saturated rings. The van der Waals surface area contributed by atoms with Gasteiger partial charge in [-0.15, -0.1) is 17.8 Å². The average Bonchev–Trinajstić information content (AvgIpc) is 2.47. The fourth-order valence-corrected chi connectivity index (χ4v) is 3.11. The first-order valence-corrected chi connectivity index (χ1v) is 9.09. The summed E-state index contributed by atoms with van der Waals surface area (Å²) in [5, 5.41) is 2.55. The van der Waals surface area contributed by atoms with Gasteiger partial charge in [0.05, 0.1) is 19.3 Å². The smallest absolute Gasteiger partial charge is 0.264 e. The molecule has 1 aromatic rings. The number of nitrogens with zero attached hydrogens (tertiary/aromatic N) is 1. The maximum atomic E-state index is 10.9. The van der Waals surface area contributed by atoms with Gasteiger partial charge in [-0.3, -0.25) is 4.18 Å². The molecule has 23 heavy (non-hydrogen) atoms. The standard InChI is InChI=1S/C15H21N2O4S.Y/c1-22(19,20)21-10-9-17-7-5-13(6-8-17)14-3-2-4-15(11-14)16-12-18;/h2-4,11,13H,5-10H2,1H3,(H,16,18);/q-1;. The molecule has 0 saturated carbocycles. The van der Waals surface area contributed by atoms with Crippen molar-refractivity contribution in [1.82, 2.24) is 4.90 Å². The molecule has 0 unspecified atom stereocenters. The van der Waals surface area contributed by atoms with Crippen LogP contribution >= 0.6 is 0 Å². The zero-order valence-electron chi connectivity index (χ0n) is 13.2. The first-order chi connectivity index (χ1) is 10.5. The van der Waals surface area contributed by atoms with Crippen LogP contribution in [0.25, 0.3) is 0 Å². The Kier molecular flexibility index (Phi) is 8.86. The molecule has 1 N–H and O–H groups in total. The van der Waals surface area contributed by atoms with E-state index in [0.29, 0.717) is 12.5 Å². The topological polar surface area (TPSA) is 75.7 Å². The molecule has 2 rings (SSSR count). The molecule has 0 bridgehead atoms. The minimum atomic E-state index is -3.35. The van der Waals surface area contributed by atoms with Crippen molar-refractivity contribution in [2.24, 2.45) is 0 Å². The van der Waals surface area contributed by atoms with Gasteiger partial charge < -0.3 is 15.0 Å². The normalized spacial score (nSPS) is 16.6. The molecule has 1 aliphatic rings. The van der Waals surface area contributed by atoms with E-state index in [1.807, 2.05) is 18.2 Å². The van der Waals surface area contributed by atoms with Crippen LogP contribution in [0.1, 0.15) is 24.3 Å². The minimum absolute atomic E-state index is 0. The van der Waals surface area contributed by atoms with Crippen molar-refractivity contribution >= 4 is 22.2 Å². The Morgan fingerprint density at radius 3 is 2.65 bits per heavy atom. The molecule has 6 nitrogen and oxygen atoms in total. The number of hydrogen-bond acceptors (Lipinski definition) is 5. The molecule has 8 heteroatoms. The summed E-state index contributed by atoms with van der Waals surface area (Å²) in [6.45, 7) is 2.66. The van der Waals surface area contributed by atoms with Gasteiger partial charge in [-0.05, 0) is 31.8 Å². The van der Waals surface area contributed by atoms with Gasteiger partial charge in [-0.2, -0.15) is 8.42 Å². The second-order valence-corrected chi connectivity index (χ2v) is 7.14. The van der Waals surface area contributed by atoms with Gasteiger partial charge in [0.2, 0.25) is 0 Å². The molecule has 1 aliphatic heterocycles. The molecular formula is C15H21N2O4SY-. The van der Waals surface area contributed by atoms with Crippen LogP contribution in [0.4, 0.5) is 5.69 Å². The van der Waals surface area contributed by atoms with Crippen molar-refractivity contribution in [2.45, 2.75) is 18.8 Å². The SMILES string of the molecule is CS(=O)(=O)OCCN1CCC(c2cccc(N[C-]=O)c2)CC1.[Y]. The maximum absolute atomic E-state index is 10.9. The Morgan fingerprint density at radius 2 is 2.04 bits per heavy atom. The van der Waals surface area contributed by atoms with Crippen molar-refractivity contribution in [3.05, 3.63) is 29.8 Å². The Balaban J connectivity index is 0.00000264. The Hall–Kier alpha value is -0.336. The van der Waals surface area contributed by atoms with Crippen molar-refractivity contribution in [1.29, 1.82) is 0 Å². The summed E-state index contributed by atoms with van der Waals surface area (Å²) in [7, 11) is -3.35. The predicted octanol–water partition coefficient (Wildman–Crippen LogP) is 1.32. The third-order valence-electron chi connectivity index (χ3n) is 3.85. The van der Waals surface area contributed by atoms with Crippen LogP contribution in [0.5, 0.6) is 0 Å². The number of amides is 1. The first-order valence-electron chi connectivity index (χ1n) is 7.28. The molecule has 0 aromatic heterocycles. The third-order valence-corrected chi connectivity index (χ3v) is 4.44. The van der Waals surface area contributed by atoms with E-state index >= 15 is 0 Å². The van der Waals surface area contributed by atoms with Crippen LogP contribution in [0.2, 0.25) is 0 Å². The first kappa shape index (κ1) is 20.7. The summed E-state index contributed by atoms with van der Waals surface area (Å²) in [4.78, 5) is 12.6. The average molecular weight is 414 g/mol. The van der Waals surface area contributed by atoms with Crippen LogP contribution in [-0.2, 0) is 51.8 Å². The monoisotopic (exact) mass is 414 g/mol. The van der Waals surface area contributed by atoms with Crippen molar-refractivity contribution in [3.63, 3.8) is 0 Å². The summed E-state index contributed by atoms with van der Waals surface area (Å²) in [6, 6.07) is 7.83. The summed E-state index contributed by atoms with van der Waals surface area (Å²) in [5.41, 5.74) is 1.98. The van der Waals surface area contributed by atoms with E-state index in [0.717, 1.165) is 37.9 Å². The van der Waals surface area contributed by atoms with E-state index in [2.05, 4.69) is 16.3 Å². The zero-order valence-corrected chi connectivity index (χ0v) is 16.8. The van der Waals surface area contributed by atoms with Crippen LogP contribution in [-0.4, -0.2) is 52.2 Å². The fourth-order valence-electron chi connectivity index (χ4n) is 2.74. The van der Waals surface area contributed by atoms with Gasteiger partial charge in [-0.25, -0.2) is 0 Å². The molecule has 1 amide bonds. The largest absolute Gasteiger partial charge is 0.490 e. The number of benzene rings is 1. The van der Waals surface area contributed by atoms with E-state index in [-0.39, 0.29) is 39.3 Å². The third kappa shape index (κ3) is 7.39.